The van der Waals surface area contributed by atoms with E-state index in [1.165, 1.54) is 4.31 Å². The summed E-state index contributed by atoms with van der Waals surface area (Å²) < 4.78 is 27.9. The van der Waals surface area contributed by atoms with Crippen LogP contribution in [0.3, 0.4) is 0 Å². The van der Waals surface area contributed by atoms with Crippen molar-refractivity contribution >= 4 is 32.4 Å². The minimum Gasteiger partial charge on any atom is -0.508 e. The van der Waals surface area contributed by atoms with Gasteiger partial charge in [0.15, 0.2) is 0 Å². The predicted octanol–water partition coefficient (Wildman–Crippen LogP) is -0.306. The van der Waals surface area contributed by atoms with Gasteiger partial charge in [0, 0.05) is 63.3 Å². The quantitative estimate of drug-likeness (QED) is 0.492. The molecular weight excluding hydrogens is 475 g/mol. The van der Waals surface area contributed by atoms with Gasteiger partial charge in [0.2, 0.25) is 15.9 Å². The van der Waals surface area contributed by atoms with E-state index in [9.17, 15) is 18.3 Å². The van der Waals surface area contributed by atoms with Crippen LogP contribution in [0.1, 0.15) is 12.8 Å². The van der Waals surface area contributed by atoms with Crippen LogP contribution in [0.5, 0.6) is 5.75 Å². The van der Waals surface area contributed by atoms with Gasteiger partial charge in [-0.2, -0.15) is 4.31 Å². The van der Waals surface area contributed by atoms with E-state index in [-0.39, 0.29) is 65.1 Å². The molecule has 2 aromatic carbocycles. The van der Waals surface area contributed by atoms with Crippen LogP contribution in [0.25, 0.3) is 10.8 Å². The number of nitrogens with zero attached hydrogens (tertiary/aromatic N) is 4. The number of hydrogen-bond donors (Lipinski definition) is 1. The maximum atomic E-state index is 13.2. The SMILES string of the molecule is O=C(C1CCN(c2ccncc2)CC1)N1CCN(S(=O)(=O)c2ccc3cc(O)ccc3c2)CC1.[Na+]. The molecule has 2 aliphatic rings. The number of aromatic hydroxyl groups is 1. The largest absolute Gasteiger partial charge is 1.00 e. The number of piperazine rings is 1. The number of hydrogen-bond acceptors (Lipinski definition) is 6. The first kappa shape index (κ1) is 25.9. The van der Waals surface area contributed by atoms with E-state index in [1.54, 1.807) is 48.8 Å². The molecule has 0 aliphatic carbocycles. The smallest absolute Gasteiger partial charge is 0.508 e. The molecule has 2 saturated heterocycles. The fourth-order valence-electron chi connectivity index (χ4n) is 4.87. The summed E-state index contributed by atoms with van der Waals surface area (Å²) in [4.78, 5) is 21.5. The second-order valence-electron chi connectivity index (χ2n) is 8.89. The molecule has 2 aliphatic heterocycles. The zero-order chi connectivity index (χ0) is 23.7. The van der Waals surface area contributed by atoms with Crippen molar-refractivity contribution in [3.8, 4) is 5.75 Å². The molecule has 0 radical (unpaired) electrons. The number of carbonyl (C=O) groups excluding carboxylic acids is 1. The summed E-state index contributed by atoms with van der Waals surface area (Å²) >= 11 is 0. The molecule has 0 unspecified atom stereocenters. The van der Waals surface area contributed by atoms with E-state index in [0.29, 0.717) is 13.1 Å². The Morgan fingerprint density at radius 3 is 2.17 bits per heavy atom. The summed E-state index contributed by atoms with van der Waals surface area (Å²) in [6, 6.07) is 13.8. The Labute approximate surface area is 227 Å². The molecule has 0 saturated carbocycles. The van der Waals surface area contributed by atoms with Gasteiger partial charge in [-0.3, -0.25) is 9.78 Å². The Balaban J connectivity index is 0.00000289. The summed E-state index contributed by atoms with van der Waals surface area (Å²) in [6.45, 7) is 3.05. The molecule has 0 bridgehead atoms. The van der Waals surface area contributed by atoms with Gasteiger partial charge in [-0.15, -0.1) is 0 Å². The number of phenols is 1. The van der Waals surface area contributed by atoms with Gasteiger partial charge in [-0.25, -0.2) is 8.42 Å². The van der Waals surface area contributed by atoms with Crippen molar-refractivity contribution in [2.24, 2.45) is 5.92 Å². The molecule has 8 nitrogen and oxygen atoms in total. The molecule has 178 valence electrons. The van der Waals surface area contributed by atoms with Crippen LogP contribution < -0.4 is 34.5 Å². The van der Waals surface area contributed by atoms with Gasteiger partial charge in [-0.05, 0) is 60.0 Å². The number of aromatic nitrogens is 1. The summed E-state index contributed by atoms with van der Waals surface area (Å²) in [5, 5.41) is 11.2. The predicted molar refractivity (Wildman–Crippen MR) is 130 cm³/mol. The van der Waals surface area contributed by atoms with Gasteiger partial charge in [0.05, 0.1) is 4.90 Å². The first-order valence-corrected chi connectivity index (χ1v) is 13.0. The Bertz CT molecular complexity index is 1290. The average molecular weight is 504 g/mol. The third-order valence-electron chi connectivity index (χ3n) is 6.86. The van der Waals surface area contributed by atoms with Crippen LogP contribution in [0, 0.1) is 5.92 Å². The summed E-state index contributed by atoms with van der Waals surface area (Å²) in [6.07, 6.45) is 5.16. The fraction of sp³-hybridized carbons (Fsp3) is 0.360. The zero-order valence-electron chi connectivity index (χ0n) is 19.9. The third-order valence-corrected chi connectivity index (χ3v) is 8.75. The van der Waals surface area contributed by atoms with Crippen molar-refractivity contribution < 1.29 is 47.9 Å². The zero-order valence-corrected chi connectivity index (χ0v) is 22.7. The van der Waals surface area contributed by atoms with E-state index in [2.05, 4.69) is 9.88 Å². The normalized spacial score (nSPS) is 17.8. The van der Waals surface area contributed by atoms with Gasteiger partial charge in [-0.1, -0.05) is 12.1 Å². The number of piperidine rings is 1. The molecule has 35 heavy (non-hydrogen) atoms. The molecule has 3 aromatic rings. The topological polar surface area (TPSA) is 94.1 Å². The monoisotopic (exact) mass is 503 g/mol. The molecule has 0 atom stereocenters. The van der Waals surface area contributed by atoms with Crippen LogP contribution in [0.2, 0.25) is 0 Å². The van der Waals surface area contributed by atoms with E-state index in [1.807, 2.05) is 17.0 Å². The minimum atomic E-state index is -3.65. The summed E-state index contributed by atoms with van der Waals surface area (Å²) in [5.74, 6) is 0.266. The van der Waals surface area contributed by atoms with Crippen molar-refractivity contribution in [1.82, 2.24) is 14.2 Å². The Kier molecular flexibility index (Phi) is 8.02. The number of fused-ring (bicyclic) bond motifs is 1. The summed E-state index contributed by atoms with van der Waals surface area (Å²) in [5.41, 5.74) is 1.13. The van der Waals surface area contributed by atoms with Gasteiger partial charge < -0.3 is 14.9 Å². The number of sulfonamides is 1. The third kappa shape index (κ3) is 5.49. The van der Waals surface area contributed by atoms with Crippen LogP contribution in [-0.4, -0.2) is 72.9 Å². The fourth-order valence-corrected chi connectivity index (χ4v) is 6.33. The molecule has 1 amide bonds. The minimum absolute atomic E-state index is 0. The number of benzene rings is 2. The van der Waals surface area contributed by atoms with Crippen molar-refractivity contribution in [1.29, 1.82) is 0 Å². The first-order chi connectivity index (χ1) is 16.4. The second kappa shape index (κ2) is 10.8. The van der Waals surface area contributed by atoms with Crippen molar-refractivity contribution in [2.75, 3.05) is 44.2 Å². The Morgan fingerprint density at radius 2 is 1.49 bits per heavy atom. The number of phenolic OH excluding ortho intramolecular Hbond substituents is 1. The summed E-state index contributed by atoms with van der Waals surface area (Å²) in [7, 11) is -3.65. The Hall–Kier alpha value is -2.17. The standard InChI is InChI=1S/C25H28N4O4S.Na/c30-23-3-1-21-18-24(4-2-20(21)17-23)34(32,33)29-15-13-28(14-16-29)25(31)19-7-11-27(12-8-19)22-5-9-26-10-6-22;/h1-6,9-10,17-19,30H,7-8,11-16H2;/q;+1. The number of amides is 1. The number of anilines is 1. The van der Waals surface area contributed by atoms with Crippen LogP contribution in [0.15, 0.2) is 65.8 Å². The molecular formula is C25H28N4NaO4S+. The maximum absolute atomic E-state index is 13.2. The number of rotatable bonds is 4. The van der Waals surface area contributed by atoms with Crippen LogP contribution in [0.4, 0.5) is 5.69 Å². The van der Waals surface area contributed by atoms with Crippen molar-refractivity contribution in [2.45, 2.75) is 17.7 Å². The van der Waals surface area contributed by atoms with Crippen molar-refractivity contribution in [3.05, 3.63) is 60.9 Å². The number of pyridine rings is 1. The first-order valence-electron chi connectivity index (χ1n) is 11.6. The Morgan fingerprint density at radius 1 is 0.857 bits per heavy atom. The van der Waals surface area contributed by atoms with E-state index in [4.69, 9.17) is 0 Å². The van der Waals surface area contributed by atoms with E-state index in [0.717, 1.165) is 42.4 Å². The van der Waals surface area contributed by atoms with E-state index < -0.39 is 10.0 Å². The van der Waals surface area contributed by atoms with Crippen LogP contribution in [-0.2, 0) is 14.8 Å². The molecule has 10 heteroatoms. The molecule has 2 fully saturated rings. The maximum Gasteiger partial charge on any atom is 1.00 e. The van der Waals surface area contributed by atoms with E-state index >= 15 is 0 Å². The molecule has 1 N–H and O–H groups in total. The average Bonchev–Trinajstić information content (AvgIpc) is 2.88. The van der Waals surface area contributed by atoms with Crippen molar-refractivity contribution in [3.63, 3.8) is 0 Å². The van der Waals surface area contributed by atoms with Gasteiger partial charge >= 0.3 is 29.6 Å². The molecule has 0 spiro atoms. The van der Waals surface area contributed by atoms with Crippen LogP contribution >= 0.6 is 0 Å². The van der Waals surface area contributed by atoms with Gasteiger partial charge in [0.25, 0.3) is 0 Å². The number of carbonyl (C=O) groups is 1. The van der Waals surface area contributed by atoms with Gasteiger partial charge in [0.1, 0.15) is 5.75 Å². The molecule has 1 aromatic heterocycles. The molecule has 5 rings (SSSR count). The molecule has 3 heterocycles. The second-order valence-corrected chi connectivity index (χ2v) is 10.8.